The Morgan fingerprint density at radius 1 is 1.28 bits per heavy atom. The molecule has 1 N–H and O–H groups in total. The van der Waals surface area contributed by atoms with Crippen molar-refractivity contribution in [2.75, 3.05) is 7.11 Å². The normalized spacial score (nSPS) is 11.7. The first-order valence-corrected chi connectivity index (χ1v) is 6.29. The van der Waals surface area contributed by atoms with Gasteiger partial charge in [0, 0.05) is 6.54 Å². The fraction of sp³-hybridized carbons (Fsp3) is 0.533. The topological polar surface area (TPSA) is 38.3 Å². The highest BCUT2D eigenvalue weighted by atomic mass is 16.5. The lowest BCUT2D eigenvalue weighted by molar-refractivity contribution is -0.147. The maximum absolute atomic E-state index is 11.5. The first-order valence-electron chi connectivity index (χ1n) is 6.29. The molecular formula is C15H23NO2. The molecule has 0 spiro atoms. The number of carbonyl (C=O) groups excluding carboxylic acids is 1. The molecule has 0 saturated carbocycles. The van der Waals surface area contributed by atoms with Gasteiger partial charge in [0.15, 0.2) is 0 Å². The predicted octanol–water partition coefficient (Wildman–Crippen LogP) is 2.85. The summed E-state index contributed by atoms with van der Waals surface area (Å²) in [5.41, 5.74) is 1.83. The van der Waals surface area contributed by atoms with Crippen molar-refractivity contribution >= 4 is 5.97 Å². The molecule has 1 aromatic rings. The number of esters is 1. The van der Waals surface area contributed by atoms with Gasteiger partial charge in [-0.05, 0) is 30.9 Å². The van der Waals surface area contributed by atoms with Crippen LogP contribution in [-0.2, 0) is 16.1 Å². The maximum Gasteiger partial charge on any atom is 0.325 e. The van der Waals surface area contributed by atoms with Crippen LogP contribution in [0.5, 0.6) is 0 Å². The van der Waals surface area contributed by atoms with Crippen molar-refractivity contribution in [3.8, 4) is 0 Å². The van der Waals surface area contributed by atoms with Gasteiger partial charge in [-0.3, -0.25) is 10.1 Å². The molecular weight excluding hydrogens is 226 g/mol. The van der Waals surface area contributed by atoms with Crippen LogP contribution in [0.2, 0.25) is 0 Å². The van der Waals surface area contributed by atoms with E-state index in [1.165, 1.54) is 12.7 Å². The SMILES string of the molecule is COC(=O)C(C)(C)NCc1ccc(C(C)C)cc1. The fourth-order valence-electron chi connectivity index (χ4n) is 1.67. The summed E-state index contributed by atoms with van der Waals surface area (Å²) in [6.45, 7) is 8.64. The van der Waals surface area contributed by atoms with Crippen LogP contribution < -0.4 is 5.32 Å². The predicted molar refractivity (Wildman–Crippen MR) is 73.5 cm³/mol. The second-order valence-electron chi connectivity index (χ2n) is 5.37. The zero-order valence-electron chi connectivity index (χ0n) is 11.9. The average molecular weight is 249 g/mol. The summed E-state index contributed by atoms with van der Waals surface area (Å²) in [7, 11) is 1.41. The van der Waals surface area contributed by atoms with Crippen molar-refractivity contribution in [3.63, 3.8) is 0 Å². The van der Waals surface area contributed by atoms with E-state index in [2.05, 4.69) is 43.4 Å². The second-order valence-corrected chi connectivity index (χ2v) is 5.37. The molecule has 100 valence electrons. The fourth-order valence-corrected chi connectivity index (χ4v) is 1.67. The lowest BCUT2D eigenvalue weighted by Crippen LogP contribution is -2.46. The highest BCUT2D eigenvalue weighted by Crippen LogP contribution is 2.15. The zero-order valence-corrected chi connectivity index (χ0v) is 11.9. The molecule has 0 aliphatic rings. The van der Waals surface area contributed by atoms with Gasteiger partial charge in [-0.2, -0.15) is 0 Å². The van der Waals surface area contributed by atoms with E-state index in [-0.39, 0.29) is 5.97 Å². The molecule has 1 rings (SSSR count). The van der Waals surface area contributed by atoms with Crippen molar-refractivity contribution in [2.45, 2.75) is 45.7 Å². The number of ether oxygens (including phenoxy) is 1. The van der Waals surface area contributed by atoms with Crippen LogP contribution in [0.3, 0.4) is 0 Å². The molecule has 0 heterocycles. The minimum absolute atomic E-state index is 0.249. The molecule has 1 aromatic carbocycles. The number of carbonyl (C=O) groups is 1. The maximum atomic E-state index is 11.5. The van der Waals surface area contributed by atoms with Crippen molar-refractivity contribution in [1.82, 2.24) is 5.32 Å². The number of hydrogen-bond donors (Lipinski definition) is 1. The van der Waals surface area contributed by atoms with Crippen LogP contribution in [0.4, 0.5) is 0 Å². The molecule has 0 aliphatic carbocycles. The van der Waals surface area contributed by atoms with E-state index >= 15 is 0 Å². The zero-order chi connectivity index (χ0) is 13.8. The van der Waals surface area contributed by atoms with Crippen LogP contribution in [0.25, 0.3) is 0 Å². The molecule has 0 unspecified atom stereocenters. The summed E-state index contributed by atoms with van der Waals surface area (Å²) >= 11 is 0. The van der Waals surface area contributed by atoms with Crippen LogP contribution in [-0.4, -0.2) is 18.6 Å². The van der Waals surface area contributed by atoms with E-state index in [1.54, 1.807) is 0 Å². The van der Waals surface area contributed by atoms with Gasteiger partial charge in [-0.1, -0.05) is 38.1 Å². The number of nitrogens with one attached hydrogen (secondary N) is 1. The summed E-state index contributed by atoms with van der Waals surface area (Å²) in [6, 6.07) is 8.45. The Kier molecular flexibility index (Phi) is 4.91. The molecule has 0 radical (unpaired) electrons. The summed E-state index contributed by atoms with van der Waals surface area (Å²) < 4.78 is 4.75. The number of benzene rings is 1. The molecule has 0 fully saturated rings. The highest BCUT2D eigenvalue weighted by molar-refractivity contribution is 5.79. The van der Waals surface area contributed by atoms with Crippen LogP contribution in [0.1, 0.15) is 44.7 Å². The Labute approximate surface area is 110 Å². The van der Waals surface area contributed by atoms with Crippen molar-refractivity contribution in [2.24, 2.45) is 0 Å². The minimum atomic E-state index is -0.661. The number of methoxy groups -OCH3 is 1. The second kappa shape index (κ2) is 6.01. The largest absolute Gasteiger partial charge is 0.468 e. The first-order chi connectivity index (χ1) is 8.36. The molecule has 0 saturated heterocycles. The molecule has 3 heteroatoms. The molecule has 0 amide bonds. The van der Waals surface area contributed by atoms with Crippen LogP contribution in [0.15, 0.2) is 24.3 Å². The summed E-state index contributed by atoms with van der Waals surface area (Å²) in [5.74, 6) is 0.291. The van der Waals surface area contributed by atoms with E-state index < -0.39 is 5.54 Å². The summed E-state index contributed by atoms with van der Waals surface area (Å²) in [4.78, 5) is 11.5. The Morgan fingerprint density at radius 2 is 1.83 bits per heavy atom. The lowest BCUT2D eigenvalue weighted by atomic mass is 10.0. The average Bonchev–Trinajstić information content (AvgIpc) is 2.35. The number of rotatable bonds is 5. The van der Waals surface area contributed by atoms with Crippen LogP contribution in [0, 0.1) is 0 Å². The lowest BCUT2D eigenvalue weighted by Gasteiger charge is -2.23. The minimum Gasteiger partial charge on any atom is -0.468 e. The molecule has 18 heavy (non-hydrogen) atoms. The Morgan fingerprint density at radius 3 is 2.28 bits per heavy atom. The smallest absolute Gasteiger partial charge is 0.325 e. The van der Waals surface area contributed by atoms with Gasteiger partial charge < -0.3 is 4.74 Å². The molecule has 0 atom stereocenters. The Bertz CT molecular complexity index is 393. The summed E-state index contributed by atoms with van der Waals surface area (Å²) in [6.07, 6.45) is 0. The third-order valence-corrected chi connectivity index (χ3v) is 3.08. The van der Waals surface area contributed by atoms with Gasteiger partial charge in [0.2, 0.25) is 0 Å². The van der Waals surface area contributed by atoms with Crippen molar-refractivity contribution < 1.29 is 9.53 Å². The quantitative estimate of drug-likeness (QED) is 0.815. The van der Waals surface area contributed by atoms with E-state index in [0.29, 0.717) is 12.5 Å². The molecule has 3 nitrogen and oxygen atoms in total. The van der Waals surface area contributed by atoms with E-state index in [0.717, 1.165) is 5.56 Å². The van der Waals surface area contributed by atoms with Gasteiger partial charge in [0.25, 0.3) is 0 Å². The van der Waals surface area contributed by atoms with Crippen LogP contribution >= 0.6 is 0 Å². The van der Waals surface area contributed by atoms with Gasteiger partial charge >= 0.3 is 5.97 Å². The van der Waals surface area contributed by atoms with E-state index in [4.69, 9.17) is 4.74 Å². The molecule has 0 aromatic heterocycles. The van der Waals surface area contributed by atoms with E-state index in [1.807, 2.05) is 13.8 Å². The van der Waals surface area contributed by atoms with Gasteiger partial charge in [-0.25, -0.2) is 0 Å². The third kappa shape index (κ3) is 3.84. The standard InChI is InChI=1S/C15H23NO2/c1-11(2)13-8-6-12(7-9-13)10-16-15(3,4)14(17)18-5/h6-9,11,16H,10H2,1-5H3. The molecule has 0 aliphatic heterocycles. The van der Waals surface area contributed by atoms with Gasteiger partial charge in [0.05, 0.1) is 7.11 Å². The third-order valence-electron chi connectivity index (χ3n) is 3.08. The Balaban J connectivity index is 2.61. The molecule has 0 bridgehead atoms. The highest BCUT2D eigenvalue weighted by Gasteiger charge is 2.27. The van der Waals surface area contributed by atoms with E-state index in [9.17, 15) is 4.79 Å². The van der Waals surface area contributed by atoms with Gasteiger partial charge in [-0.15, -0.1) is 0 Å². The number of hydrogen-bond acceptors (Lipinski definition) is 3. The Hall–Kier alpha value is -1.35. The van der Waals surface area contributed by atoms with Gasteiger partial charge in [0.1, 0.15) is 5.54 Å². The monoisotopic (exact) mass is 249 g/mol. The van der Waals surface area contributed by atoms with Crippen molar-refractivity contribution in [3.05, 3.63) is 35.4 Å². The van der Waals surface area contributed by atoms with Crippen molar-refractivity contribution in [1.29, 1.82) is 0 Å². The summed E-state index contributed by atoms with van der Waals surface area (Å²) in [5, 5.41) is 3.20. The first kappa shape index (κ1) is 14.7.